The van der Waals surface area contributed by atoms with Crippen molar-refractivity contribution in [1.82, 2.24) is 0 Å². The average molecular weight is 322 g/mol. The molecule has 21 heavy (non-hydrogen) atoms. The molecular formula is C15H12ClNO3S. The molecule has 108 valence electrons. The zero-order valence-electron chi connectivity index (χ0n) is 10.9. The minimum Gasteiger partial charge on any atom is -0.384 e. The van der Waals surface area contributed by atoms with E-state index in [0.29, 0.717) is 16.3 Å². The van der Waals surface area contributed by atoms with Gasteiger partial charge >= 0.3 is 0 Å². The van der Waals surface area contributed by atoms with Gasteiger partial charge in [-0.2, -0.15) is 0 Å². The van der Waals surface area contributed by atoms with Gasteiger partial charge in [-0.3, -0.25) is 4.72 Å². The van der Waals surface area contributed by atoms with Crippen molar-refractivity contribution in [3.8, 4) is 11.8 Å². The Labute approximate surface area is 128 Å². The molecule has 0 saturated heterocycles. The monoisotopic (exact) mass is 321 g/mol. The van der Waals surface area contributed by atoms with Gasteiger partial charge in [-0.15, -0.1) is 0 Å². The molecule has 2 rings (SSSR count). The molecule has 0 aliphatic rings. The highest BCUT2D eigenvalue weighted by atomic mass is 35.5. The van der Waals surface area contributed by atoms with Gasteiger partial charge in [0.15, 0.2) is 0 Å². The van der Waals surface area contributed by atoms with Gasteiger partial charge in [0.2, 0.25) is 0 Å². The van der Waals surface area contributed by atoms with Crippen LogP contribution in [0.1, 0.15) is 5.56 Å². The average Bonchev–Trinajstić information content (AvgIpc) is 2.45. The maximum atomic E-state index is 12.2. The SMILES string of the molecule is O=S(=O)(Nc1cccc(C#CCO)c1)c1cccc(Cl)c1. The molecule has 0 aliphatic carbocycles. The summed E-state index contributed by atoms with van der Waals surface area (Å²) in [4.78, 5) is 0.0850. The molecule has 0 heterocycles. The molecule has 0 amide bonds. The van der Waals surface area contributed by atoms with E-state index in [-0.39, 0.29) is 11.5 Å². The van der Waals surface area contributed by atoms with E-state index in [1.165, 1.54) is 12.1 Å². The van der Waals surface area contributed by atoms with Crippen LogP contribution in [0.2, 0.25) is 5.02 Å². The number of sulfonamides is 1. The topological polar surface area (TPSA) is 66.4 Å². The fourth-order valence-corrected chi connectivity index (χ4v) is 3.00. The van der Waals surface area contributed by atoms with E-state index in [9.17, 15) is 8.42 Å². The van der Waals surface area contributed by atoms with Crippen LogP contribution < -0.4 is 4.72 Å². The Hall–Kier alpha value is -2.00. The summed E-state index contributed by atoms with van der Waals surface area (Å²) in [5.74, 6) is 5.22. The zero-order chi connectivity index (χ0) is 15.3. The number of hydrogen-bond acceptors (Lipinski definition) is 3. The van der Waals surface area contributed by atoms with Crippen molar-refractivity contribution >= 4 is 27.3 Å². The Morgan fingerprint density at radius 2 is 1.90 bits per heavy atom. The van der Waals surface area contributed by atoms with E-state index in [1.807, 2.05) is 0 Å². The summed E-state index contributed by atoms with van der Waals surface area (Å²) in [7, 11) is -3.71. The first-order chi connectivity index (χ1) is 10.0. The second kappa shape index (κ2) is 6.64. The highest BCUT2D eigenvalue weighted by Crippen LogP contribution is 2.19. The van der Waals surface area contributed by atoms with Gasteiger partial charge in [0.05, 0.1) is 10.6 Å². The second-order valence-corrected chi connectivity index (χ2v) is 6.22. The molecule has 0 radical (unpaired) electrons. The number of anilines is 1. The van der Waals surface area contributed by atoms with E-state index < -0.39 is 10.0 Å². The Balaban J connectivity index is 2.29. The second-order valence-electron chi connectivity index (χ2n) is 4.10. The molecule has 0 aromatic heterocycles. The van der Waals surface area contributed by atoms with Gasteiger partial charge in [0.25, 0.3) is 10.0 Å². The van der Waals surface area contributed by atoms with E-state index in [0.717, 1.165) is 0 Å². The van der Waals surface area contributed by atoms with Crippen LogP contribution in [0.15, 0.2) is 53.4 Å². The molecule has 4 nitrogen and oxygen atoms in total. The molecule has 2 aromatic rings. The summed E-state index contributed by atoms with van der Waals surface area (Å²) >= 11 is 5.80. The first-order valence-electron chi connectivity index (χ1n) is 5.99. The summed E-state index contributed by atoms with van der Waals surface area (Å²) in [5, 5.41) is 9.01. The van der Waals surface area contributed by atoms with Gasteiger partial charge in [-0.1, -0.05) is 35.6 Å². The quantitative estimate of drug-likeness (QED) is 0.854. The Morgan fingerprint density at radius 3 is 2.62 bits per heavy atom. The first kappa shape index (κ1) is 15.4. The zero-order valence-corrected chi connectivity index (χ0v) is 12.4. The Morgan fingerprint density at radius 1 is 1.14 bits per heavy atom. The van der Waals surface area contributed by atoms with Crippen molar-refractivity contribution in [2.24, 2.45) is 0 Å². The van der Waals surface area contributed by atoms with Crippen molar-refractivity contribution in [3.63, 3.8) is 0 Å². The highest BCUT2D eigenvalue weighted by Gasteiger charge is 2.14. The summed E-state index contributed by atoms with van der Waals surface area (Å²) in [6.07, 6.45) is 0. The third kappa shape index (κ3) is 4.23. The summed E-state index contributed by atoms with van der Waals surface area (Å²) in [6, 6.07) is 12.6. The van der Waals surface area contributed by atoms with Crippen LogP contribution in [-0.4, -0.2) is 20.1 Å². The standard InChI is InChI=1S/C15H12ClNO3S/c16-13-6-2-8-15(11-13)21(19,20)17-14-7-1-4-12(10-14)5-3-9-18/h1-2,4,6-8,10-11,17-18H,9H2. The molecule has 0 unspecified atom stereocenters. The van der Waals surface area contributed by atoms with Crippen molar-refractivity contribution < 1.29 is 13.5 Å². The molecule has 0 atom stereocenters. The minimum absolute atomic E-state index is 0.0850. The van der Waals surface area contributed by atoms with E-state index >= 15 is 0 Å². The number of rotatable bonds is 3. The molecule has 0 saturated carbocycles. The number of halogens is 1. The summed E-state index contributed by atoms with van der Waals surface area (Å²) in [6.45, 7) is -0.252. The van der Waals surface area contributed by atoms with Crippen molar-refractivity contribution in [1.29, 1.82) is 0 Å². The molecular weight excluding hydrogens is 310 g/mol. The molecule has 6 heteroatoms. The van der Waals surface area contributed by atoms with E-state index in [2.05, 4.69) is 16.6 Å². The van der Waals surface area contributed by atoms with E-state index in [1.54, 1.807) is 36.4 Å². The van der Waals surface area contributed by atoms with Gasteiger partial charge in [-0.05, 0) is 36.4 Å². The lowest BCUT2D eigenvalue weighted by Crippen LogP contribution is -2.12. The number of nitrogens with one attached hydrogen (secondary N) is 1. The number of hydrogen-bond donors (Lipinski definition) is 2. The molecule has 0 aliphatic heterocycles. The number of benzene rings is 2. The lowest BCUT2D eigenvalue weighted by Gasteiger charge is -2.08. The first-order valence-corrected chi connectivity index (χ1v) is 7.85. The van der Waals surface area contributed by atoms with Crippen LogP contribution in [-0.2, 0) is 10.0 Å². The van der Waals surface area contributed by atoms with Crippen molar-refractivity contribution in [2.45, 2.75) is 4.90 Å². The van der Waals surface area contributed by atoms with Crippen LogP contribution in [0.3, 0.4) is 0 Å². The van der Waals surface area contributed by atoms with Gasteiger partial charge in [0, 0.05) is 10.6 Å². The smallest absolute Gasteiger partial charge is 0.261 e. The van der Waals surface area contributed by atoms with Gasteiger partial charge < -0.3 is 5.11 Å². The maximum absolute atomic E-state index is 12.2. The van der Waals surface area contributed by atoms with Crippen molar-refractivity contribution in [2.75, 3.05) is 11.3 Å². The van der Waals surface area contributed by atoms with Crippen LogP contribution in [0.5, 0.6) is 0 Å². The molecule has 0 bridgehead atoms. The molecule has 2 N–H and O–H groups in total. The van der Waals surface area contributed by atoms with Gasteiger partial charge in [-0.25, -0.2) is 8.42 Å². The minimum atomic E-state index is -3.71. The highest BCUT2D eigenvalue weighted by molar-refractivity contribution is 7.92. The summed E-state index contributed by atoms with van der Waals surface area (Å²) < 4.78 is 26.9. The normalized spacial score (nSPS) is 10.6. The summed E-state index contributed by atoms with van der Waals surface area (Å²) in [5.41, 5.74) is 0.995. The lowest BCUT2D eigenvalue weighted by atomic mass is 10.2. The number of aliphatic hydroxyl groups excluding tert-OH is 1. The van der Waals surface area contributed by atoms with Crippen LogP contribution in [0.25, 0.3) is 0 Å². The predicted molar refractivity (Wildman–Crippen MR) is 82.7 cm³/mol. The van der Waals surface area contributed by atoms with Crippen LogP contribution in [0, 0.1) is 11.8 Å². The molecule has 0 spiro atoms. The third-order valence-corrected chi connectivity index (χ3v) is 4.15. The number of aliphatic hydroxyl groups is 1. The Bertz CT molecular complexity index is 807. The fourth-order valence-electron chi connectivity index (χ4n) is 1.65. The van der Waals surface area contributed by atoms with Crippen LogP contribution >= 0.6 is 11.6 Å². The largest absolute Gasteiger partial charge is 0.384 e. The fraction of sp³-hybridized carbons (Fsp3) is 0.0667. The molecule has 0 fully saturated rings. The predicted octanol–water partition coefficient (Wildman–Crippen LogP) is 2.48. The lowest BCUT2D eigenvalue weighted by molar-refractivity contribution is 0.350. The third-order valence-electron chi connectivity index (χ3n) is 2.53. The van der Waals surface area contributed by atoms with Crippen molar-refractivity contribution in [3.05, 3.63) is 59.1 Å². The maximum Gasteiger partial charge on any atom is 0.261 e. The van der Waals surface area contributed by atoms with Gasteiger partial charge in [0.1, 0.15) is 6.61 Å². The van der Waals surface area contributed by atoms with E-state index in [4.69, 9.17) is 16.7 Å². The Kier molecular flexibility index (Phi) is 4.86. The molecule has 2 aromatic carbocycles. The van der Waals surface area contributed by atoms with Crippen LogP contribution in [0.4, 0.5) is 5.69 Å².